The van der Waals surface area contributed by atoms with Crippen LogP contribution >= 0.6 is 0 Å². The molecule has 1 aliphatic rings. The van der Waals surface area contributed by atoms with Gasteiger partial charge in [-0.2, -0.15) is 0 Å². The van der Waals surface area contributed by atoms with E-state index >= 15 is 0 Å². The summed E-state index contributed by atoms with van der Waals surface area (Å²) in [6.07, 6.45) is 1.29. The topological polar surface area (TPSA) is 103 Å². The summed E-state index contributed by atoms with van der Waals surface area (Å²) < 4.78 is 23.9. The Kier molecular flexibility index (Phi) is 6.40. The summed E-state index contributed by atoms with van der Waals surface area (Å²) in [5, 5.41) is 16.9. The maximum atomic E-state index is 13.3. The molecule has 1 heterocycles. The highest BCUT2D eigenvalue weighted by atomic mass is 19.1. The molecule has 0 radical (unpaired) electrons. The molecule has 1 aliphatic heterocycles. The van der Waals surface area contributed by atoms with E-state index < -0.39 is 10.5 Å². The third kappa shape index (κ3) is 4.87. The molecule has 1 amide bonds. The Morgan fingerprint density at radius 1 is 1.24 bits per heavy atom. The normalized spacial score (nSPS) is 15.5. The number of halogens is 1. The van der Waals surface area contributed by atoms with Gasteiger partial charge < -0.3 is 14.8 Å². The third-order valence-electron chi connectivity index (χ3n) is 5.00. The van der Waals surface area contributed by atoms with E-state index in [1.165, 1.54) is 37.4 Å². The predicted molar refractivity (Wildman–Crippen MR) is 104 cm³/mol. The fraction of sp³-hybridized carbons (Fsp3) is 0.350. The quantitative estimate of drug-likeness (QED) is 0.544. The summed E-state index contributed by atoms with van der Waals surface area (Å²) in [5.41, 5.74) is 0.606. The van der Waals surface area contributed by atoms with Crippen molar-refractivity contribution in [3.63, 3.8) is 0 Å². The number of nitrogens with zero attached hydrogens (tertiary/aromatic N) is 1. The monoisotopic (exact) mass is 403 g/mol. The summed E-state index contributed by atoms with van der Waals surface area (Å²) in [6.45, 7) is 1.06. The lowest BCUT2D eigenvalue weighted by Gasteiger charge is -2.38. The minimum Gasteiger partial charge on any atom is -0.494 e. The van der Waals surface area contributed by atoms with E-state index in [0.29, 0.717) is 31.7 Å². The SMILES string of the molecule is COc1cc([N+](=O)[O-])ccc1NC(=O)CNC1(c2ccc(F)cc2)CCOCC1. The molecular formula is C20H22FN3O5. The Bertz CT molecular complexity index is 882. The van der Waals surface area contributed by atoms with Crippen molar-refractivity contribution < 1.29 is 23.6 Å². The van der Waals surface area contributed by atoms with Gasteiger partial charge in [-0.05, 0) is 36.6 Å². The zero-order valence-corrected chi connectivity index (χ0v) is 15.9. The molecule has 0 spiro atoms. The van der Waals surface area contributed by atoms with Crippen molar-refractivity contribution in [2.24, 2.45) is 0 Å². The largest absolute Gasteiger partial charge is 0.494 e. The highest BCUT2D eigenvalue weighted by Gasteiger charge is 2.34. The van der Waals surface area contributed by atoms with Crippen LogP contribution in [-0.4, -0.2) is 37.7 Å². The number of carbonyl (C=O) groups excluding carboxylic acids is 1. The maximum absolute atomic E-state index is 13.3. The number of anilines is 1. The molecular weight excluding hydrogens is 381 g/mol. The summed E-state index contributed by atoms with van der Waals surface area (Å²) in [6, 6.07) is 10.2. The van der Waals surface area contributed by atoms with E-state index in [2.05, 4.69) is 10.6 Å². The van der Waals surface area contributed by atoms with Crippen LogP contribution in [0.5, 0.6) is 5.75 Å². The van der Waals surface area contributed by atoms with Crippen LogP contribution in [0.4, 0.5) is 15.8 Å². The average molecular weight is 403 g/mol. The second-order valence-corrected chi connectivity index (χ2v) is 6.74. The molecule has 2 aromatic rings. The Morgan fingerprint density at radius 2 is 1.93 bits per heavy atom. The zero-order chi connectivity index (χ0) is 20.9. The van der Waals surface area contributed by atoms with Crippen LogP contribution < -0.4 is 15.4 Å². The highest BCUT2D eigenvalue weighted by molar-refractivity contribution is 5.94. The average Bonchev–Trinajstić information content (AvgIpc) is 2.73. The number of amides is 1. The minimum absolute atomic E-state index is 0.00246. The van der Waals surface area contributed by atoms with Gasteiger partial charge in [0.15, 0.2) is 0 Å². The Morgan fingerprint density at radius 3 is 2.55 bits per heavy atom. The van der Waals surface area contributed by atoms with Gasteiger partial charge in [-0.3, -0.25) is 20.2 Å². The number of nitro benzene ring substituents is 1. The summed E-state index contributed by atoms with van der Waals surface area (Å²) in [4.78, 5) is 22.9. The number of rotatable bonds is 7. The van der Waals surface area contributed by atoms with Gasteiger partial charge in [0, 0.05) is 24.8 Å². The van der Waals surface area contributed by atoms with Crippen LogP contribution in [0.2, 0.25) is 0 Å². The van der Waals surface area contributed by atoms with Crippen LogP contribution in [0, 0.1) is 15.9 Å². The molecule has 0 aliphatic carbocycles. The molecule has 3 rings (SSSR count). The number of hydrogen-bond donors (Lipinski definition) is 2. The predicted octanol–water partition coefficient (Wildman–Crippen LogP) is 2.98. The number of benzene rings is 2. The molecule has 2 aromatic carbocycles. The second kappa shape index (κ2) is 8.97. The summed E-state index contributed by atoms with van der Waals surface area (Å²) in [7, 11) is 1.37. The van der Waals surface area contributed by atoms with Gasteiger partial charge >= 0.3 is 0 Å². The number of nitrogens with one attached hydrogen (secondary N) is 2. The number of hydrogen-bond acceptors (Lipinski definition) is 6. The van der Waals surface area contributed by atoms with Crippen molar-refractivity contribution in [3.05, 3.63) is 64.0 Å². The first-order valence-corrected chi connectivity index (χ1v) is 9.15. The molecule has 29 heavy (non-hydrogen) atoms. The second-order valence-electron chi connectivity index (χ2n) is 6.74. The van der Waals surface area contributed by atoms with Crippen LogP contribution in [0.15, 0.2) is 42.5 Å². The fourth-order valence-electron chi connectivity index (χ4n) is 3.40. The van der Waals surface area contributed by atoms with Crippen LogP contribution in [-0.2, 0) is 15.1 Å². The maximum Gasteiger partial charge on any atom is 0.273 e. The number of non-ortho nitro benzene ring substituents is 1. The van der Waals surface area contributed by atoms with Crippen molar-refractivity contribution in [1.29, 1.82) is 0 Å². The minimum atomic E-state index is -0.534. The molecule has 1 saturated heterocycles. The Balaban J connectivity index is 1.71. The highest BCUT2D eigenvalue weighted by Crippen LogP contribution is 2.32. The molecule has 0 bridgehead atoms. The van der Waals surface area contributed by atoms with Crippen molar-refractivity contribution in [2.75, 3.05) is 32.2 Å². The van der Waals surface area contributed by atoms with Gasteiger partial charge in [-0.25, -0.2) is 4.39 Å². The molecule has 8 nitrogen and oxygen atoms in total. The molecule has 9 heteroatoms. The van der Waals surface area contributed by atoms with E-state index in [-0.39, 0.29) is 29.7 Å². The smallest absolute Gasteiger partial charge is 0.273 e. The van der Waals surface area contributed by atoms with Crippen molar-refractivity contribution in [3.8, 4) is 5.75 Å². The van der Waals surface area contributed by atoms with Crippen LogP contribution in [0.3, 0.4) is 0 Å². The van der Waals surface area contributed by atoms with E-state index in [1.54, 1.807) is 12.1 Å². The number of ether oxygens (including phenoxy) is 2. The van der Waals surface area contributed by atoms with Crippen molar-refractivity contribution >= 4 is 17.3 Å². The lowest BCUT2D eigenvalue weighted by Crippen LogP contribution is -2.49. The lowest BCUT2D eigenvalue weighted by molar-refractivity contribution is -0.384. The Hall–Kier alpha value is -3.04. The fourth-order valence-corrected chi connectivity index (χ4v) is 3.40. The number of nitro groups is 1. The third-order valence-corrected chi connectivity index (χ3v) is 5.00. The van der Waals surface area contributed by atoms with Gasteiger partial charge in [0.05, 0.1) is 30.3 Å². The number of methoxy groups -OCH3 is 1. The van der Waals surface area contributed by atoms with Gasteiger partial charge in [-0.15, -0.1) is 0 Å². The summed E-state index contributed by atoms with van der Waals surface area (Å²) >= 11 is 0. The first-order valence-electron chi connectivity index (χ1n) is 9.15. The van der Waals surface area contributed by atoms with Crippen molar-refractivity contribution in [1.82, 2.24) is 5.32 Å². The van der Waals surface area contributed by atoms with Crippen molar-refractivity contribution in [2.45, 2.75) is 18.4 Å². The molecule has 0 saturated carbocycles. The first-order chi connectivity index (χ1) is 13.9. The molecule has 0 aromatic heterocycles. The summed E-state index contributed by atoms with van der Waals surface area (Å²) in [5.74, 6) is -0.448. The molecule has 0 atom stereocenters. The van der Waals surface area contributed by atoms with Gasteiger partial charge in [0.25, 0.3) is 5.69 Å². The molecule has 1 fully saturated rings. The van der Waals surface area contributed by atoms with E-state index in [9.17, 15) is 19.3 Å². The van der Waals surface area contributed by atoms with E-state index in [4.69, 9.17) is 9.47 Å². The van der Waals surface area contributed by atoms with Gasteiger partial charge in [0.1, 0.15) is 11.6 Å². The van der Waals surface area contributed by atoms with Crippen LogP contribution in [0.25, 0.3) is 0 Å². The zero-order valence-electron chi connectivity index (χ0n) is 15.9. The molecule has 0 unspecified atom stereocenters. The first kappa shape index (κ1) is 20.7. The van der Waals surface area contributed by atoms with E-state index in [1.807, 2.05) is 0 Å². The Labute approximate surface area is 167 Å². The lowest BCUT2D eigenvalue weighted by atomic mass is 9.82. The molecule has 154 valence electrons. The van der Waals surface area contributed by atoms with Crippen LogP contribution in [0.1, 0.15) is 18.4 Å². The number of carbonyl (C=O) groups is 1. The molecule has 2 N–H and O–H groups in total. The van der Waals surface area contributed by atoms with Gasteiger partial charge in [0.2, 0.25) is 5.91 Å². The van der Waals surface area contributed by atoms with Gasteiger partial charge in [-0.1, -0.05) is 12.1 Å². The standard InChI is InChI=1S/C20H22FN3O5/c1-28-18-12-16(24(26)27)6-7-17(18)23-19(25)13-22-20(8-10-29-11-9-20)14-2-4-15(21)5-3-14/h2-7,12,22H,8-11,13H2,1H3,(H,23,25). The van der Waals surface area contributed by atoms with E-state index in [0.717, 1.165) is 5.56 Å².